The van der Waals surface area contributed by atoms with Gasteiger partial charge >= 0.3 is 0 Å². The van der Waals surface area contributed by atoms with Crippen molar-refractivity contribution in [3.05, 3.63) is 45.7 Å². The third kappa shape index (κ3) is 1.47. The smallest absolute Gasteiger partial charge is 0.268 e. The summed E-state index contributed by atoms with van der Waals surface area (Å²) in [6.45, 7) is 0. The highest BCUT2D eigenvalue weighted by Gasteiger charge is 2.42. The molecule has 1 spiro atoms. The Morgan fingerprint density at radius 3 is 2.63 bits per heavy atom. The van der Waals surface area contributed by atoms with Gasteiger partial charge in [-0.1, -0.05) is 43.5 Å². The highest BCUT2D eigenvalue weighted by Crippen LogP contribution is 2.48. The average molecular weight is 254 g/mol. The first kappa shape index (κ1) is 11.1. The number of rotatable bonds is 0. The molecule has 2 aliphatic carbocycles. The second-order valence-corrected chi connectivity index (χ2v) is 6.00. The van der Waals surface area contributed by atoms with Crippen LogP contribution in [-0.4, -0.2) is 10.2 Å². The summed E-state index contributed by atoms with van der Waals surface area (Å²) in [5.41, 5.74) is 4.81. The van der Waals surface area contributed by atoms with Crippen LogP contribution in [0.5, 0.6) is 0 Å². The molecule has 1 aromatic carbocycles. The van der Waals surface area contributed by atoms with E-state index in [4.69, 9.17) is 0 Å². The molecule has 4 rings (SSSR count). The minimum atomic E-state index is 0.0789. The Morgan fingerprint density at radius 2 is 1.79 bits per heavy atom. The molecule has 1 fully saturated rings. The van der Waals surface area contributed by atoms with Gasteiger partial charge < -0.3 is 0 Å². The van der Waals surface area contributed by atoms with E-state index in [2.05, 4.69) is 28.4 Å². The molecule has 1 aromatic heterocycles. The van der Waals surface area contributed by atoms with E-state index >= 15 is 0 Å². The molecule has 0 atom stereocenters. The van der Waals surface area contributed by atoms with Crippen molar-refractivity contribution in [2.75, 3.05) is 0 Å². The highest BCUT2D eigenvalue weighted by atomic mass is 16.1. The van der Waals surface area contributed by atoms with E-state index in [0.29, 0.717) is 0 Å². The van der Waals surface area contributed by atoms with Crippen LogP contribution in [0.3, 0.4) is 0 Å². The zero-order valence-corrected chi connectivity index (χ0v) is 11.0. The molecule has 2 N–H and O–H groups in total. The van der Waals surface area contributed by atoms with Gasteiger partial charge in [0.05, 0.1) is 11.3 Å². The van der Waals surface area contributed by atoms with Gasteiger partial charge in [-0.3, -0.25) is 15.0 Å². The van der Waals surface area contributed by atoms with Crippen LogP contribution in [0.25, 0.3) is 11.3 Å². The van der Waals surface area contributed by atoms with E-state index in [1.54, 1.807) is 0 Å². The fourth-order valence-corrected chi connectivity index (χ4v) is 4.09. The minimum absolute atomic E-state index is 0.0789. The molecule has 98 valence electrons. The third-order valence-electron chi connectivity index (χ3n) is 4.93. The Balaban J connectivity index is 1.99. The van der Waals surface area contributed by atoms with Crippen LogP contribution < -0.4 is 5.56 Å². The van der Waals surface area contributed by atoms with Crippen molar-refractivity contribution >= 4 is 0 Å². The lowest BCUT2D eigenvalue weighted by Gasteiger charge is -2.40. The predicted molar refractivity (Wildman–Crippen MR) is 75.3 cm³/mol. The Morgan fingerprint density at radius 1 is 1.00 bits per heavy atom. The topological polar surface area (TPSA) is 48.6 Å². The van der Waals surface area contributed by atoms with E-state index in [9.17, 15) is 4.79 Å². The third-order valence-corrected chi connectivity index (χ3v) is 4.93. The first-order valence-electron chi connectivity index (χ1n) is 7.20. The lowest BCUT2D eigenvalue weighted by molar-refractivity contribution is 0.287. The molecule has 3 nitrogen and oxygen atoms in total. The minimum Gasteiger partial charge on any atom is -0.297 e. The number of aromatic amines is 2. The van der Waals surface area contributed by atoms with Gasteiger partial charge in [0.25, 0.3) is 5.56 Å². The first-order valence-corrected chi connectivity index (χ1v) is 7.20. The maximum Gasteiger partial charge on any atom is 0.268 e. The van der Waals surface area contributed by atoms with E-state index in [1.807, 2.05) is 6.07 Å². The highest BCUT2D eigenvalue weighted by molar-refractivity contribution is 5.71. The van der Waals surface area contributed by atoms with E-state index in [1.165, 1.54) is 30.4 Å². The SMILES string of the molecule is O=c1[nH][nH]c2c1C1(CCCCC1)Cc1ccccc1-2. The Bertz CT molecular complexity index is 674. The summed E-state index contributed by atoms with van der Waals surface area (Å²) in [4.78, 5) is 12.3. The van der Waals surface area contributed by atoms with Gasteiger partial charge in [0, 0.05) is 11.0 Å². The maximum absolute atomic E-state index is 12.3. The molecule has 3 heteroatoms. The zero-order valence-electron chi connectivity index (χ0n) is 11.0. The van der Waals surface area contributed by atoms with Crippen LogP contribution >= 0.6 is 0 Å². The number of benzene rings is 1. The summed E-state index contributed by atoms with van der Waals surface area (Å²) in [5.74, 6) is 0. The molecular weight excluding hydrogens is 236 g/mol. The molecule has 0 unspecified atom stereocenters. The van der Waals surface area contributed by atoms with Gasteiger partial charge in [-0.15, -0.1) is 0 Å². The molecule has 1 saturated carbocycles. The summed E-state index contributed by atoms with van der Waals surface area (Å²) < 4.78 is 0. The van der Waals surface area contributed by atoms with Gasteiger partial charge in [-0.2, -0.15) is 0 Å². The van der Waals surface area contributed by atoms with Gasteiger partial charge in [-0.25, -0.2) is 0 Å². The van der Waals surface area contributed by atoms with Crippen molar-refractivity contribution in [1.29, 1.82) is 0 Å². The standard InChI is InChI=1S/C16H18N2O/c19-15-13-14(17-18-15)12-7-3-2-6-11(12)10-16(13)8-4-1-5-9-16/h2-3,6-7H,1,4-5,8-10H2,(H2,17,18,19). The van der Waals surface area contributed by atoms with Gasteiger partial charge in [0.1, 0.15) is 0 Å². The fourth-order valence-electron chi connectivity index (χ4n) is 4.09. The predicted octanol–water partition coefficient (Wildman–Crippen LogP) is 3.13. The molecule has 1 heterocycles. The molecule has 0 amide bonds. The van der Waals surface area contributed by atoms with Crippen molar-refractivity contribution in [3.8, 4) is 11.3 Å². The van der Waals surface area contributed by atoms with Crippen LogP contribution in [0, 0.1) is 0 Å². The quantitative estimate of drug-likeness (QED) is 0.745. The van der Waals surface area contributed by atoms with Gasteiger partial charge in [0.2, 0.25) is 0 Å². The van der Waals surface area contributed by atoms with E-state index < -0.39 is 0 Å². The van der Waals surface area contributed by atoms with Crippen LogP contribution in [0.1, 0.15) is 43.2 Å². The van der Waals surface area contributed by atoms with Crippen molar-refractivity contribution in [2.24, 2.45) is 0 Å². The molecule has 19 heavy (non-hydrogen) atoms. The Hall–Kier alpha value is -1.77. The average Bonchev–Trinajstić information content (AvgIpc) is 2.83. The summed E-state index contributed by atoms with van der Waals surface area (Å²) in [6.07, 6.45) is 7.11. The molecular formula is C16H18N2O. The molecule has 2 aliphatic rings. The number of fused-ring (bicyclic) bond motifs is 4. The molecule has 0 bridgehead atoms. The maximum atomic E-state index is 12.3. The molecule has 0 saturated heterocycles. The number of aromatic nitrogens is 2. The fraction of sp³-hybridized carbons (Fsp3) is 0.438. The second-order valence-electron chi connectivity index (χ2n) is 6.00. The van der Waals surface area contributed by atoms with Crippen LogP contribution in [0.15, 0.2) is 29.1 Å². The van der Waals surface area contributed by atoms with Crippen molar-refractivity contribution < 1.29 is 0 Å². The van der Waals surface area contributed by atoms with Crippen LogP contribution in [0.4, 0.5) is 0 Å². The Labute approximate surface area is 112 Å². The molecule has 0 radical (unpaired) electrons. The first-order chi connectivity index (χ1) is 9.30. The number of hydrogen-bond acceptors (Lipinski definition) is 1. The zero-order chi connectivity index (χ0) is 12.9. The van der Waals surface area contributed by atoms with E-state index in [-0.39, 0.29) is 11.0 Å². The largest absolute Gasteiger partial charge is 0.297 e. The van der Waals surface area contributed by atoms with Crippen molar-refractivity contribution in [1.82, 2.24) is 10.2 Å². The second kappa shape index (κ2) is 3.86. The Kier molecular flexibility index (Phi) is 2.25. The number of H-pyrrole nitrogens is 2. The monoisotopic (exact) mass is 254 g/mol. The summed E-state index contributed by atoms with van der Waals surface area (Å²) in [5, 5.41) is 5.93. The summed E-state index contributed by atoms with van der Waals surface area (Å²) >= 11 is 0. The van der Waals surface area contributed by atoms with Gasteiger partial charge in [-0.05, 0) is 24.8 Å². The van der Waals surface area contributed by atoms with Crippen molar-refractivity contribution in [3.63, 3.8) is 0 Å². The lowest BCUT2D eigenvalue weighted by Crippen LogP contribution is -2.38. The molecule has 2 aromatic rings. The molecule has 0 aliphatic heterocycles. The van der Waals surface area contributed by atoms with Crippen LogP contribution in [0.2, 0.25) is 0 Å². The van der Waals surface area contributed by atoms with Crippen molar-refractivity contribution in [2.45, 2.75) is 43.9 Å². The van der Waals surface area contributed by atoms with Gasteiger partial charge in [0.15, 0.2) is 0 Å². The number of nitrogens with one attached hydrogen (secondary N) is 2. The lowest BCUT2D eigenvalue weighted by atomic mass is 9.63. The van der Waals surface area contributed by atoms with E-state index in [0.717, 1.165) is 30.5 Å². The number of hydrogen-bond donors (Lipinski definition) is 2. The normalized spacial score (nSPS) is 20.0. The summed E-state index contributed by atoms with van der Waals surface area (Å²) in [6, 6.07) is 8.48. The van der Waals surface area contributed by atoms with Crippen LogP contribution in [-0.2, 0) is 11.8 Å². The summed E-state index contributed by atoms with van der Waals surface area (Å²) in [7, 11) is 0.